The molecule has 0 aliphatic carbocycles. The number of pyridine rings is 1. The van der Waals surface area contributed by atoms with Gasteiger partial charge in [0.1, 0.15) is 14.2 Å². The number of fused-ring (bicyclic) bond motifs is 1. The summed E-state index contributed by atoms with van der Waals surface area (Å²) in [6.45, 7) is 0. The lowest BCUT2D eigenvalue weighted by atomic mass is 10.0. The quantitative estimate of drug-likeness (QED) is 0.711. The first-order valence-corrected chi connectivity index (χ1v) is 6.03. The second-order valence-corrected chi connectivity index (χ2v) is 4.45. The number of imidazole rings is 1. The zero-order valence-electron chi connectivity index (χ0n) is 10.5. The molecule has 1 aromatic carbocycles. The Morgan fingerprint density at radius 1 is 1.25 bits per heavy atom. The van der Waals surface area contributed by atoms with E-state index in [2.05, 4.69) is 9.97 Å². The number of carbonyl (C=O) groups is 1. The third-order valence-electron chi connectivity index (χ3n) is 3.02. The molecule has 0 aliphatic heterocycles. The molecule has 0 saturated heterocycles. The van der Waals surface area contributed by atoms with Crippen LogP contribution in [0.1, 0.15) is 5.56 Å². The normalized spacial score (nSPS) is 10.8. The Balaban J connectivity index is 2.00. The van der Waals surface area contributed by atoms with Gasteiger partial charge >= 0.3 is 5.97 Å². The number of aromatic nitrogens is 3. The Morgan fingerprint density at radius 2 is 2.00 bits per heavy atom. The summed E-state index contributed by atoms with van der Waals surface area (Å²) in [5.74, 6) is -0.842. The fourth-order valence-electron chi connectivity index (χ4n) is 2.08. The van der Waals surface area contributed by atoms with Crippen LogP contribution in [0.3, 0.4) is 0 Å². The number of carboxylic acid groups (broad SMARTS) is 1. The van der Waals surface area contributed by atoms with E-state index in [1.807, 2.05) is 16.7 Å². The highest BCUT2D eigenvalue weighted by Crippen LogP contribution is 2.17. The van der Waals surface area contributed by atoms with Crippen LogP contribution in [0.2, 0.25) is 0 Å². The fraction of sp³-hybridized carbons (Fsp3) is 0.0714. The van der Waals surface area contributed by atoms with Crippen molar-refractivity contribution in [2.24, 2.45) is 0 Å². The Labute approximate surface area is 116 Å². The van der Waals surface area contributed by atoms with Gasteiger partial charge in [0.05, 0.1) is 23.7 Å². The van der Waals surface area contributed by atoms with Gasteiger partial charge < -0.3 is 5.11 Å². The van der Waals surface area contributed by atoms with Gasteiger partial charge in [-0.05, 0) is 29.4 Å². The molecule has 2 heterocycles. The fourth-order valence-corrected chi connectivity index (χ4v) is 2.08. The number of carboxylic acids is 1. The number of hydrogen-bond donors (Lipinski definition) is 1. The van der Waals surface area contributed by atoms with Gasteiger partial charge in [-0.1, -0.05) is 12.1 Å². The molecule has 96 valence electrons. The Morgan fingerprint density at radius 3 is 2.70 bits per heavy atom. The van der Waals surface area contributed by atoms with E-state index in [1.54, 1.807) is 30.7 Å². The van der Waals surface area contributed by atoms with E-state index in [0.717, 1.165) is 22.3 Å². The third-order valence-corrected chi connectivity index (χ3v) is 3.02. The van der Waals surface area contributed by atoms with Crippen molar-refractivity contribution in [3.63, 3.8) is 0 Å². The maximum Gasteiger partial charge on any atom is 0.307 e. The molecule has 0 bridgehead atoms. The standard InChI is InChI=1S/C14H10BN3O2/c15-13-6-11-12(7-16-13)18(8-17-11)10-3-1-9(2-4-10)5-14(19)20/h1-4,6-8H,5H2,(H,19,20). The lowest BCUT2D eigenvalue weighted by molar-refractivity contribution is -0.136. The van der Waals surface area contributed by atoms with E-state index in [4.69, 9.17) is 13.0 Å². The molecule has 0 fully saturated rings. The van der Waals surface area contributed by atoms with Gasteiger partial charge in [0.15, 0.2) is 0 Å². The van der Waals surface area contributed by atoms with Crippen molar-refractivity contribution in [1.29, 1.82) is 0 Å². The van der Waals surface area contributed by atoms with Crippen molar-refractivity contribution in [1.82, 2.24) is 14.5 Å². The van der Waals surface area contributed by atoms with Crippen molar-refractivity contribution in [3.8, 4) is 5.69 Å². The molecule has 2 radical (unpaired) electrons. The lowest BCUT2D eigenvalue weighted by Crippen LogP contribution is -2.06. The van der Waals surface area contributed by atoms with Crippen LogP contribution in [-0.2, 0) is 11.2 Å². The Hall–Kier alpha value is -2.63. The van der Waals surface area contributed by atoms with Crippen molar-refractivity contribution >= 4 is 30.4 Å². The minimum Gasteiger partial charge on any atom is -0.481 e. The number of rotatable bonds is 3. The second kappa shape index (κ2) is 4.81. The average molecular weight is 263 g/mol. The number of nitrogens with zero attached hydrogens (tertiary/aromatic N) is 3. The molecule has 0 atom stereocenters. The van der Waals surface area contributed by atoms with Gasteiger partial charge in [0.2, 0.25) is 0 Å². The van der Waals surface area contributed by atoms with Crippen LogP contribution in [-0.4, -0.2) is 33.5 Å². The van der Waals surface area contributed by atoms with Gasteiger partial charge in [-0.2, -0.15) is 0 Å². The van der Waals surface area contributed by atoms with Crippen molar-refractivity contribution in [3.05, 3.63) is 48.4 Å². The van der Waals surface area contributed by atoms with Crippen LogP contribution >= 0.6 is 0 Å². The van der Waals surface area contributed by atoms with E-state index in [-0.39, 0.29) is 6.42 Å². The van der Waals surface area contributed by atoms with Crippen LogP contribution < -0.4 is 5.59 Å². The molecule has 1 N–H and O–H groups in total. The predicted molar refractivity (Wildman–Crippen MR) is 75.6 cm³/mol. The van der Waals surface area contributed by atoms with Gasteiger partial charge in [-0.15, -0.1) is 0 Å². The molecule has 2 aromatic heterocycles. The first kappa shape index (κ1) is 12.4. The summed E-state index contributed by atoms with van der Waals surface area (Å²) in [5.41, 5.74) is 3.71. The summed E-state index contributed by atoms with van der Waals surface area (Å²) in [5, 5.41) is 8.75. The molecule has 5 nitrogen and oxygen atoms in total. The molecule has 0 unspecified atom stereocenters. The largest absolute Gasteiger partial charge is 0.481 e. The monoisotopic (exact) mass is 263 g/mol. The second-order valence-electron chi connectivity index (χ2n) is 4.45. The molecule has 20 heavy (non-hydrogen) atoms. The summed E-state index contributed by atoms with van der Waals surface area (Å²) in [6.07, 6.45) is 3.38. The number of benzene rings is 1. The maximum atomic E-state index is 10.7. The highest BCUT2D eigenvalue weighted by molar-refractivity contribution is 6.31. The highest BCUT2D eigenvalue weighted by atomic mass is 16.4. The summed E-state index contributed by atoms with van der Waals surface area (Å²) in [6, 6.07) is 9.01. The van der Waals surface area contributed by atoms with Crippen LogP contribution in [0.15, 0.2) is 42.9 Å². The minimum absolute atomic E-state index is 0.0169. The first-order chi connectivity index (χ1) is 9.63. The summed E-state index contributed by atoms with van der Waals surface area (Å²) >= 11 is 0. The maximum absolute atomic E-state index is 10.7. The topological polar surface area (TPSA) is 68.0 Å². The van der Waals surface area contributed by atoms with Crippen LogP contribution in [0.4, 0.5) is 0 Å². The summed E-state index contributed by atoms with van der Waals surface area (Å²) in [4.78, 5) is 19.0. The van der Waals surface area contributed by atoms with Crippen molar-refractivity contribution < 1.29 is 9.90 Å². The van der Waals surface area contributed by atoms with E-state index in [1.165, 1.54) is 0 Å². The first-order valence-electron chi connectivity index (χ1n) is 6.03. The van der Waals surface area contributed by atoms with Gasteiger partial charge in [-0.25, -0.2) is 4.98 Å². The van der Waals surface area contributed by atoms with Crippen molar-refractivity contribution in [2.45, 2.75) is 6.42 Å². The third kappa shape index (κ3) is 2.27. The SMILES string of the molecule is [B]c1cc2ncn(-c3ccc(CC(=O)O)cc3)c2cn1. The zero-order valence-corrected chi connectivity index (χ0v) is 10.5. The van der Waals surface area contributed by atoms with E-state index < -0.39 is 5.97 Å². The molecule has 0 saturated carbocycles. The van der Waals surface area contributed by atoms with Crippen LogP contribution in [0.5, 0.6) is 0 Å². The Bertz CT molecular complexity index is 781. The van der Waals surface area contributed by atoms with Gasteiger partial charge in [-0.3, -0.25) is 14.3 Å². The summed E-state index contributed by atoms with van der Waals surface area (Å²) < 4.78 is 1.88. The molecular weight excluding hydrogens is 253 g/mol. The molecule has 0 amide bonds. The van der Waals surface area contributed by atoms with Gasteiger partial charge in [0.25, 0.3) is 0 Å². The Kier molecular flexibility index (Phi) is 2.98. The molecule has 6 heteroatoms. The zero-order chi connectivity index (χ0) is 14.1. The van der Waals surface area contributed by atoms with Crippen LogP contribution in [0.25, 0.3) is 16.7 Å². The number of aliphatic carboxylic acids is 1. The van der Waals surface area contributed by atoms with Crippen LogP contribution in [0, 0.1) is 0 Å². The minimum atomic E-state index is -0.842. The van der Waals surface area contributed by atoms with Gasteiger partial charge in [0, 0.05) is 5.69 Å². The molecule has 3 rings (SSSR count). The smallest absolute Gasteiger partial charge is 0.307 e. The highest BCUT2D eigenvalue weighted by Gasteiger charge is 2.06. The average Bonchev–Trinajstić information content (AvgIpc) is 2.82. The van der Waals surface area contributed by atoms with E-state index in [0.29, 0.717) is 5.59 Å². The molecular formula is C14H10BN3O2. The number of hydrogen-bond acceptors (Lipinski definition) is 3. The molecule has 0 spiro atoms. The van der Waals surface area contributed by atoms with Crippen molar-refractivity contribution in [2.75, 3.05) is 0 Å². The lowest BCUT2D eigenvalue weighted by Gasteiger charge is -2.05. The molecule has 0 aliphatic rings. The van der Waals surface area contributed by atoms with E-state index >= 15 is 0 Å². The predicted octanol–water partition coefficient (Wildman–Crippen LogP) is 0.841. The van der Waals surface area contributed by atoms with E-state index in [9.17, 15) is 4.79 Å². The summed E-state index contributed by atoms with van der Waals surface area (Å²) in [7, 11) is 5.62. The molecule has 3 aromatic rings.